The van der Waals surface area contributed by atoms with Crippen molar-refractivity contribution in [2.24, 2.45) is 0 Å². The van der Waals surface area contributed by atoms with Crippen LogP contribution in [0.2, 0.25) is 18.1 Å². The van der Waals surface area contributed by atoms with Crippen LogP contribution in [-0.4, -0.2) is 89.4 Å². The van der Waals surface area contributed by atoms with E-state index in [0.717, 1.165) is 61.8 Å². The second kappa shape index (κ2) is 13.6. The van der Waals surface area contributed by atoms with Gasteiger partial charge in [0.15, 0.2) is 25.5 Å². The molecule has 1 saturated carbocycles. The summed E-state index contributed by atoms with van der Waals surface area (Å²) in [5.41, 5.74) is 1.58. The first-order chi connectivity index (χ1) is 23.0. The van der Waals surface area contributed by atoms with Gasteiger partial charge in [-0.15, -0.1) is 0 Å². The van der Waals surface area contributed by atoms with E-state index >= 15 is 0 Å². The molecular weight excluding hydrogens is 629 g/mol. The molecule has 4 heterocycles. The van der Waals surface area contributed by atoms with Crippen LogP contribution in [0.4, 0.5) is 17.6 Å². The molecule has 1 aromatic carbocycles. The number of methoxy groups -OCH3 is 3. The molecule has 48 heavy (non-hydrogen) atoms. The maximum absolute atomic E-state index is 10.1. The van der Waals surface area contributed by atoms with Crippen LogP contribution in [0.15, 0.2) is 30.9 Å². The molecule has 1 aliphatic heterocycles. The number of nitrogens with one attached hydrogen (secondary N) is 1. The Balaban J connectivity index is 1.30. The van der Waals surface area contributed by atoms with Gasteiger partial charge in [-0.1, -0.05) is 20.8 Å². The van der Waals surface area contributed by atoms with Gasteiger partial charge in [0.05, 0.1) is 63.5 Å². The third kappa shape index (κ3) is 6.57. The molecule has 1 saturated heterocycles. The van der Waals surface area contributed by atoms with Gasteiger partial charge >= 0.3 is 0 Å². The molecule has 0 amide bonds. The fourth-order valence-electron chi connectivity index (χ4n) is 6.56. The van der Waals surface area contributed by atoms with Gasteiger partial charge in [0, 0.05) is 24.8 Å². The van der Waals surface area contributed by atoms with Gasteiger partial charge in [0.2, 0.25) is 11.7 Å². The van der Waals surface area contributed by atoms with Crippen LogP contribution >= 0.6 is 0 Å². The van der Waals surface area contributed by atoms with E-state index in [2.05, 4.69) is 53.7 Å². The summed E-state index contributed by atoms with van der Waals surface area (Å²) in [6, 6.07) is 3.93. The number of imidazole rings is 1. The predicted octanol–water partition coefficient (Wildman–Crippen LogP) is 6.25. The highest BCUT2D eigenvalue weighted by molar-refractivity contribution is 6.74. The summed E-state index contributed by atoms with van der Waals surface area (Å²) in [7, 11) is 2.93. The van der Waals surface area contributed by atoms with Crippen LogP contribution in [0, 0.1) is 0 Å². The Labute approximate surface area is 283 Å². The number of rotatable bonds is 11. The molecule has 260 valence electrons. The van der Waals surface area contributed by atoms with Crippen molar-refractivity contribution in [1.82, 2.24) is 29.3 Å². The van der Waals surface area contributed by atoms with Crippen LogP contribution in [0.3, 0.4) is 0 Å². The van der Waals surface area contributed by atoms with E-state index in [0.29, 0.717) is 34.8 Å². The Hall–Kier alpha value is -3.88. The molecule has 2 fully saturated rings. The predicted molar refractivity (Wildman–Crippen MR) is 189 cm³/mol. The minimum absolute atomic E-state index is 0.0196. The fourth-order valence-corrected chi connectivity index (χ4v) is 7.98. The Morgan fingerprint density at radius 2 is 1.69 bits per heavy atom. The molecule has 4 aromatic rings. The van der Waals surface area contributed by atoms with Gasteiger partial charge in [-0.3, -0.25) is 0 Å². The minimum atomic E-state index is -1.84. The highest BCUT2D eigenvalue weighted by Gasteiger charge is 2.40. The lowest BCUT2D eigenvalue weighted by Crippen LogP contribution is -2.44. The number of anilines is 3. The molecule has 1 atom stereocenters. The van der Waals surface area contributed by atoms with Crippen molar-refractivity contribution in [2.75, 3.05) is 44.7 Å². The fraction of sp³-hybridized carbons (Fsp3) is 0.588. The standard InChI is InChI=1S/C34H50N8O5Si/c1-34(2,3)48(7,8)47-25-13-11-22(12-14-25)42-32-26(18-36-42)31(38-33(39-32)41-15-9-10-23(41)20-43)37-29-19-40(21-35-29)24-16-27(44-4)30(46-6)28(17-24)45-5/h16-19,21-23,25,43H,9-15,20H2,1-8H3,(H,37,38,39)/t22?,23-,25?/m0/s1. The summed E-state index contributed by atoms with van der Waals surface area (Å²) in [6.07, 6.45) is 11.6. The third-order valence-electron chi connectivity index (χ3n) is 10.3. The first kappa shape index (κ1) is 34.0. The normalized spacial score (nSPS) is 20.4. The Morgan fingerprint density at radius 1 is 0.979 bits per heavy atom. The van der Waals surface area contributed by atoms with Crippen molar-refractivity contribution in [3.8, 4) is 22.9 Å². The highest BCUT2D eigenvalue weighted by atomic mass is 28.4. The number of aliphatic hydroxyl groups excluding tert-OH is 1. The largest absolute Gasteiger partial charge is 0.493 e. The summed E-state index contributed by atoms with van der Waals surface area (Å²) >= 11 is 0. The number of hydrogen-bond acceptors (Lipinski definition) is 11. The van der Waals surface area contributed by atoms with Crippen LogP contribution in [0.25, 0.3) is 16.7 Å². The summed E-state index contributed by atoms with van der Waals surface area (Å²) in [4.78, 5) is 16.8. The molecule has 0 unspecified atom stereocenters. The van der Waals surface area contributed by atoms with Crippen LogP contribution < -0.4 is 24.4 Å². The zero-order chi connectivity index (χ0) is 34.2. The van der Waals surface area contributed by atoms with Crippen LogP contribution in [0.5, 0.6) is 17.2 Å². The van der Waals surface area contributed by atoms with Crippen molar-refractivity contribution >= 4 is 36.9 Å². The number of ether oxygens (including phenoxy) is 3. The minimum Gasteiger partial charge on any atom is -0.493 e. The van der Waals surface area contributed by atoms with E-state index in [1.807, 2.05) is 29.1 Å². The molecule has 0 radical (unpaired) electrons. The lowest BCUT2D eigenvalue weighted by molar-refractivity contribution is 0.116. The van der Waals surface area contributed by atoms with Gasteiger partial charge in [-0.05, 0) is 56.7 Å². The maximum atomic E-state index is 10.1. The van der Waals surface area contributed by atoms with E-state index < -0.39 is 8.32 Å². The van der Waals surface area contributed by atoms with E-state index in [-0.39, 0.29) is 29.8 Å². The maximum Gasteiger partial charge on any atom is 0.229 e. The van der Waals surface area contributed by atoms with Crippen LogP contribution in [-0.2, 0) is 4.43 Å². The lowest BCUT2D eigenvalue weighted by Gasteiger charge is -2.41. The topological polar surface area (TPSA) is 134 Å². The molecule has 13 nitrogen and oxygen atoms in total. The van der Waals surface area contributed by atoms with Gasteiger partial charge in [0.1, 0.15) is 18.0 Å². The average molecular weight is 679 g/mol. The van der Waals surface area contributed by atoms with Crippen molar-refractivity contribution in [3.63, 3.8) is 0 Å². The third-order valence-corrected chi connectivity index (χ3v) is 14.9. The monoisotopic (exact) mass is 678 g/mol. The van der Waals surface area contributed by atoms with Gasteiger partial charge in [-0.25, -0.2) is 9.67 Å². The molecule has 14 heteroatoms. The number of aromatic nitrogens is 6. The number of hydrogen-bond donors (Lipinski definition) is 2. The Kier molecular flexibility index (Phi) is 9.60. The molecule has 3 aromatic heterocycles. The first-order valence-electron chi connectivity index (χ1n) is 16.9. The van der Waals surface area contributed by atoms with E-state index in [1.54, 1.807) is 27.7 Å². The molecule has 2 aliphatic rings. The highest BCUT2D eigenvalue weighted by Crippen LogP contribution is 2.42. The van der Waals surface area contributed by atoms with E-state index in [1.165, 1.54) is 0 Å². The average Bonchev–Trinajstić information content (AvgIpc) is 3.84. The van der Waals surface area contributed by atoms with Crippen molar-refractivity contribution in [3.05, 3.63) is 30.9 Å². The second-order valence-electron chi connectivity index (χ2n) is 14.4. The number of aliphatic hydroxyl groups is 1. The molecule has 1 aliphatic carbocycles. The smallest absolute Gasteiger partial charge is 0.229 e. The molecule has 0 spiro atoms. The lowest BCUT2D eigenvalue weighted by atomic mass is 9.93. The molecule has 0 bridgehead atoms. The molecule has 2 N–H and O–H groups in total. The van der Waals surface area contributed by atoms with Gasteiger partial charge < -0.3 is 38.5 Å². The summed E-state index contributed by atoms with van der Waals surface area (Å²) in [6.45, 7) is 12.4. The quantitative estimate of drug-likeness (QED) is 0.175. The van der Waals surface area contributed by atoms with Crippen molar-refractivity contribution in [1.29, 1.82) is 0 Å². The summed E-state index contributed by atoms with van der Waals surface area (Å²) in [5.74, 6) is 3.43. The molecule has 6 rings (SSSR count). The number of benzene rings is 1. The molecular formula is C34H50N8O5Si. The zero-order valence-electron chi connectivity index (χ0n) is 29.5. The van der Waals surface area contributed by atoms with Crippen molar-refractivity contribution in [2.45, 2.75) is 95.6 Å². The van der Waals surface area contributed by atoms with Gasteiger partial charge in [0.25, 0.3) is 0 Å². The van der Waals surface area contributed by atoms with E-state index in [4.69, 9.17) is 33.7 Å². The number of fused-ring (bicyclic) bond motifs is 1. The van der Waals surface area contributed by atoms with Gasteiger partial charge in [-0.2, -0.15) is 15.1 Å². The second-order valence-corrected chi connectivity index (χ2v) is 19.1. The Morgan fingerprint density at radius 3 is 2.31 bits per heavy atom. The van der Waals surface area contributed by atoms with E-state index in [9.17, 15) is 5.11 Å². The number of nitrogens with zero attached hydrogens (tertiary/aromatic N) is 7. The van der Waals surface area contributed by atoms with Crippen molar-refractivity contribution < 1.29 is 23.7 Å². The van der Waals surface area contributed by atoms with Crippen LogP contribution in [0.1, 0.15) is 65.3 Å². The summed E-state index contributed by atoms with van der Waals surface area (Å²) in [5, 5.41) is 19.5. The zero-order valence-corrected chi connectivity index (χ0v) is 30.5. The first-order valence-corrected chi connectivity index (χ1v) is 19.8. The Bertz CT molecular complexity index is 1700. The SMILES string of the molecule is COc1cc(-n2cnc(Nc3nc(N4CCC[C@H]4CO)nc4c3cnn4C3CCC(O[Si](C)(C)C(C)(C)C)CC3)c2)cc(OC)c1OC. The summed E-state index contributed by atoms with van der Waals surface area (Å²) < 4.78 is 27.3.